The molecule has 0 amide bonds. The number of aromatic nitrogens is 1. The maximum absolute atomic E-state index is 13.1. The molecule has 130 valence electrons. The van der Waals surface area contributed by atoms with Crippen LogP contribution in [0.5, 0.6) is 0 Å². The molecular weight excluding hydrogens is 339 g/mol. The quantitative estimate of drug-likeness (QED) is 0.723. The van der Waals surface area contributed by atoms with Crippen LogP contribution in [0.4, 0.5) is 10.2 Å². The van der Waals surface area contributed by atoms with Crippen molar-refractivity contribution in [1.29, 1.82) is 0 Å². The van der Waals surface area contributed by atoms with Crippen molar-refractivity contribution in [2.45, 2.75) is 30.2 Å². The summed E-state index contributed by atoms with van der Waals surface area (Å²) in [6.07, 6.45) is 0. The molecule has 0 radical (unpaired) electrons. The minimum absolute atomic E-state index is 0.0283. The van der Waals surface area contributed by atoms with E-state index in [0.29, 0.717) is 12.1 Å². The van der Waals surface area contributed by atoms with E-state index in [-0.39, 0.29) is 15.6 Å². The van der Waals surface area contributed by atoms with Gasteiger partial charge in [-0.05, 0) is 49.2 Å². The maximum Gasteiger partial charge on any atom is 0.210 e. The van der Waals surface area contributed by atoms with Gasteiger partial charge in [0.15, 0.2) is 0 Å². The fourth-order valence-corrected chi connectivity index (χ4v) is 4.57. The first-order valence-electron chi connectivity index (χ1n) is 7.82. The van der Waals surface area contributed by atoms with Gasteiger partial charge >= 0.3 is 0 Å². The van der Waals surface area contributed by atoms with E-state index in [9.17, 15) is 12.8 Å². The van der Waals surface area contributed by atoms with Gasteiger partial charge in [0.05, 0.1) is 4.90 Å². The van der Waals surface area contributed by atoms with E-state index in [1.165, 1.54) is 12.1 Å². The number of sulfone groups is 1. The van der Waals surface area contributed by atoms with Gasteiger partial charge in [0, 0.05) is 12.2 Å². The fraction of sp³-hybridized carbons (Fsp3) is 0.158. The molecule has 0 bridgehead atoms. The average Bonchev–Trinajstić information content (AvgIpc) is 2.80. The number of hydrogen-bond donors (Lipinski definition) is 1. The van der Waals surface area contributed by atoms with Crippen molar-refractivity contribution in [1.82, 2.24) is 4.57 Å². The lowest BCUT2D eigenvalue weighted by Gasteiger charge is -2.10. The van der Waals surface area contributed by atoms with E-state index in [1.807, 2.05) is 37.3 Å². The van der Waals surface area contributed by atoms with E-state index >= 15 is 0 Å². The summed E-state index contributed by atoms with van der Waals surface area (Å²) in [5.41, 5.74) is 8.64. The van der Waals surface area contributed by atoms with E-state index in [4.69, 9.17) is 5.73 Å². The molecule has 0 fully saturated rings. The Morgan fingerprint density at radius 1 is 1.00 bits per heavy atom. The molecule has 3 aromatic rings. The van der Waals surface area contributed by atoms with Crippen LogP contribution in [0.3, 0.4) is 0 Å². The van der Waals surface area contributed by atoms with Gasteiger partial charge in [-0.3, -0.25) is 0 Å². The van der Waals surface area contributed by atoms with Crippen molar-refractivity contribution in [3.63, 3.8) is 0 Å². The van der Waals surface area contributed by atoms with Crippen LogP contribution in [0.25, 0.3) is 0 Å². The number of anilines is 1. The Bertz CT molecular complexity index is 1010. The minimum Gasteiger partial charge on any atom is -0.384 e. The zero-order chi connectivity index (χ0) is 18.2. The zero-order valence-corrected chi connectivity index (χ0v) is 14.8. The Kier molecular flexibility index (Phi) is 4.39. The highest BCUT2D eigenvalue weighted by Gasteiger charge is 2.28. The number of benzene rings is 2. The average molecular weight is 358 g/mol. The summed E-state index contributed by atoms with van der Waals surface area (Å²) in [4.78, 5) is 0.119. The monoisotopic (exact) mass is 358 g/mol. The summed E-state index contributed by atoms with van der Waals surface area (Å²) in [5.74, 6) is -0.287. The Morgan fingerprint density at radius 2 is 1.60 bits per heavy atom. The second-order valence-corrected chi connectivity index (χ2v) is 7.84. The van der Waals surface area contributed by atoms with Gasteiger partial charge in [-0.25, -0.2) is 12.8 Å². The summed E-state index contributed by atoms with van der Waals surface area (Å²) < 4.78 is 40.9. The summed E-state index contributed by atoms with van der Waals surface area (Å²) >= 11 is 0. The molecule has 0 aliphatic heterocycles. The van der Waals surface area contributed by atoms with Crippen molar-refractivity contribution in [2.75, 3.05) is 5.73 Å². The molecule has 1 aromatic heterocycles. The lowest BCUT2D eigenvalue weighted by molar-refractivity contribution is 0.594. The molecule has 0 unspecified atom stereocenters. The predicted octanol–water partition coefficient (Wildman–Crippen LogP) is 3.71. The molecule has 2 aromatic carbocycles. The normalized spacial score (nSPS) is 11.6. The van der Waals surface area contributed by atoms with Crippen molar-refractivity contribution < 1.29 is 12.8 Å². The molecule has 0 saturated heterocycles. The van der Waals surface area contributed by atoms with Crippen LogP contribution in [0.1, 0.15) is 16.8 Å². The van der Waals surface area contributed by atoms with Crippen LogP contribution in [0.15, 0.2) is 64.4 Å². The van der Waals surface area contributed by atoms with E-state index in [0.717, 1.165) is 23.4 Å². The molecule has 0 atom stereocenters. The fourth-order valence-electron chi connectivity index (χ4n) is 2.90. The van der Waals surface area contributed by atoms with E-state index in [1.54, 1.807) is 11.5 Å². The van der Waals surface area contributed by atoms with Gasteiger partial charge in [-0.1, -0.05) is 30.3 Å². The predicted molar refractivity (Wildman–Crippen MR) is 95.7 cm³/mol. The van der Waals surface area contributed by atoms with Gasteiger partial charge in [-0.15, -0.1) is 0 Å². The Labute approximate surface area is 146 Å². The molecule has 1 heterocycles. The Morgan fingerprint density at radius 3 is 2.20 bits per heavy atom. The third-order valence-electron chi connectivity index (χ3n) is 4.39. The van der Waals surface area contributed by atoms with Crippen molar-refractivity contribution in [3.8, 4) is 0 Å². The third kappa shape index (κ3) is 3.05. The number of nitrogen functional groups attached to an aromatic ring is 1. The Balaban J connectivity index is 2.11. The zero-order valence-electron chi connectivity index (χ0n) is 14.0. The molecule has 4 nitrogen and oxygen atoms in total. The van der Waals surface area contributed by atoms with Gasteiger partial charge in [0.25, 0.3) is 0 Å². The van der Waals surface area contributed by atoms with Crippen molar-refractivity contribution in [2.24, 2.45) is 0 Å². The van der Waals surface area contributed by atoms with Crippen LogP contribution in [0.2, 0.25) is 0 Å². The smallest absolute Gasteiger partial charge is 0.210 e. The van der Waals surface area contributed by atoms with Crippen LogP contribution in [-0.2, 0) is 16.4 Å². The van der Waals surface area contributed by atoms with Crippen LogP contribution < -0.4 is 5.73 Å². The SMILES string of the molecule is Cc1c(S(=O)(=O)c2ccc(F)cc2)c(N)n(Cc2ccccc2)c1C. The van der Waals surface area contributed by atoms with Crippen LogP contribution >= 0.6 is 0 Å². The highest BCUT2D eigenvalue weighted by atomic mass is 32.2. The second-order valence-electron chi connectivity index (χ2n) is 5.95. The largest absolute Gasteiger partial charge is 0.384 e. The standard InChI is InChI=1S/C19H19FN2O2S/c1-13-14(2)22(12-15-6-4-3-5-7-15)19(21)18(13)25(23,24)17-10-8-16(20)9-11-17/h3-11H,12,21H2,1-2H3. The van der Waals surface area contributed by atoms with Crippen molar-refractivity contribution >= 4 is 15.7 Å². The van der Waals surface area contributed by atoms with Crippen LogP contribution in [0, 0.1) is 19.7 Å². The third-order valence-corrected chi connectivity index (χ3v) is 6.33. The highest BCUT2D eigenvalue weighted by molar-refractivity contribution is 7.91. The van der Waals surface area contributed by atoms with Gasteiger partial charge in [0.1, 0.15) is 16.5 Å². The molecule has 0 spiro atoms. The highest BCUT2D eigenvalue weighted by Crippen LogP contribution is 2.33. The first kappa shape index (κ1) is 17.2. The first-order valence-corrected chi connectivity index (χ1v) is 9.30. The van der Waals surface area contributed by atoms with Crippen molar-refractivity contribution in [3.05, 3.63) is 77.2 Å². The van der Waals surface area contributed by atoms with Crippen LogP contribution in [-0.4, -0.2) is 13.0 Å². The minimum atomic E-state index is -3.82. The lowest BCUT2D eigenvalue weighted by atomic mass is 10.2. The molecule has 6 heteroatoms. The molecule has 0 aliphatic carbocycles. The molecular formula is C19H19FN2O2S. The number of rotatable bonds is 4. The molecule has 2 N–H and O–H groups in total. The number of nitrogens with two attached hydrogens (primary N) is 1. The summed E-state index contributed by atoms with van der Waals surface area (Å²) in [7, 11) is -3.82. The maximum atomic E-state index is 13.1. The lowest BCUT2D eigenvalue weighted by Crippen LogP contribution is -2.09. The first-order chi connectivity index (χ1) is 11.8. The van der Waals surface area contributed by atoms with Gasteiger partial charge in [-0.2, -0.15) is 0 Å². The topological polar surface area (TPSA) is 65.1 Å². The Hall–Kier alpha value is -2.60. The molecule has 0 aliphatic rings. The molecule has 25 heavy (non-hydrogen) atoms. The van der Waals surface area contributed by atoms with E-state index in [2.05, 4.69) is 0 Å². The molecule has 0 saturated carbocycles. The summed E-state index contributed by atoms with van der Waals surface area (Å²) in [6.45, 7) is 4.07. The second kappa shape index (κ2) is 6.37. The van der Waals surface area contributed by atoms with E-state index < -0.39 is 15.7 Å². The number of halogens is 1. The number of nitrogens with zero attached hydrogens (tertiary/aromatic N) is 1. The van der Waals surface area contributed by atoms with Gasteiger partial charge < -0.3 is 10.3 Å². The van der Waals surface area contributed by atoms with Gasteiger partial charge in [0.2, 0.25) is 9.84 Å². The summed E-state index contributed by atoms with van der Waals surface area (Å²) in [6, 6.07) is 14.5. The summed E-state index contributed by atoms with van der Waals surface area (Å²) in [5, 5.41) is 0. The molecule has 3 rings (SSSR count). The number of hydrogen-bond acceptors (Lipinski definition) is 3.